The third kappa shape index (κ3) is 4.66. The van der Waals surface area contributed by atoms with Gasteiger partial charge in [-0.15, -0.1) is 0 Å². The molecule has 182 valence electrons. The number of aliphatic hydroxyl groups is 2. The van der Waals surface area contributed by atoms with Gasteiger partial charge in [-0.05, 0) is 34.4 Å². The van der Waals surface area contributed by atoms with Crippen molar-refractivity contribution in [3.63, 3.8) is 0 Å². The van der Waals surface area contributed by atoms with Crippen molar-refractivity contribution in [3.8, 4) is 0 Å². The monoisotopic (exact) mass is 469 g/mol. The van der Waals surface area contributed by atoms with Crippen LogP contribution >= 0.6 is 0 Å². The van der Waals surface area contributed by atoms with Crippen LogP contribution in [-0.2, 0) is 5.54 Å². The third-order valence-electron chi connectivity index (χ3n) is 6.95. The summed E-state index contributed by atoms with van der Waals surface area (Å²) in [6, 6.07) is 30.6. The lowest BCUT2D eigenvalue weighted by atomic mass is 9.77. The van der Waals surface area contributed by atoms with E-state index in [1.807, 2.05) is 59.3 Å². The van der Waals surface area contributed by atoms with Crippen LogP contribution in [0.4, 0.5) is 0 Å². The van der Waals surface area contributed by atoms with E-state index >= 15 is 0 Å². The first-order valence-electron chi connectivity index (χ1n) is 12.3. The summed E-state index contributed by atoms with van der Waals surface area (Å²) < 4.78 is 1.82. The average molecular weight is 470 g/mol. The Morgan fingerprint density at radius 3 is 1.43 bits per heavy atom. The van der Waals surface area contributed by atoms with Crippen molar-refractivity contribution < 1.29 is 10.2 Å². The predicted molar refractivity (Wildman–Crippen MR) is 139 cm³/mol. The summed E-state index contributed by atoms with van der Waals surface area (Å²) in [4.78, 5) is 4.52. The summed E-state index contributed by atoms with van der Waals surface area (Å²) in [5.74, 6) is 0.549. The van der Waals surface area contributed by atoms with E-state index in [1.54, 1.807) is 6.33 Å². The normalized spacial score (nSPS) is 14.0. The van der Waals surface area contributed by atoms with Crippen LogP contribution in [0.5, 0.6) is 0 Å². The summed E-state index contributed by atoms with van der Waals surface area (Å²) in [6.07, 6.45) is -0.491. The fourth-order valence-corrected chi connectivity index (χ4v) is 5.43. The smallest absolute Gasteiger partial charge is 0.181 e. The minimum Gasteiger partial charge on any atom is -0.390 e. The van der Waals surface area contributed by atoms with E-state index in [-0.39, 0.29) is 23.6 Å². The second kappa shape index (κ2) is 10.5. The van der Waals surface area contributed by atoms with Crippen molar-refractivity contribution >= 4 is 0 Å². The first kappa shape index (κ1) is 24.8. The van der Waals surface area contributed by atoms with Gasteiger partial charge in [0.05, 0.1) is 6.10 Å². The van der Waals surface area contributed by atoms with Crippen molar-refractivity contribution in [1.29, 1.82) is 0 Å². The van der Waals surface area contributed by atoms with Crippen LogP contribution in [-0.4, -0.2) is 31.1 Å². The molecule has 35 heavy (non-hydrogen) atoms. The standard InChI is InChI=1S/C30H35N3O2/c1-21(2)26(22(3)4)27(34)28(35)29-31-20-33(32-29)30(23-14-8-5-9-15-23,24-16-10-6-11-17-24)25-18-12-7-13-19-25/h5-22,26-28,34-35H,1-4H3. The summed E-state index contributed by atoms with van der Waals surface area (Å²) in [5, 5.41) is 27.1. The second-order valence-corrected chi connectivity index (χ2v) is 9.86. The molecule has 0 saturated carbocycles. The molecule has 4 rings (SSSR count). The van der Waals surface area contributed by atoms with Crippen molar-refractivity contribution in [1.82, 2.24) is 14.8 Å². The number of benzene rings is 3. The maximum Gasteiger partial charge on any atom is 0.181 e. The summed E-state index contributed by atoms with van der Waals surface area (Å²) >= 11 is 0. The molecule has 5 heteroatoms. The van der Waals surface area contributed by atoms with Crippen LogP contribution in [0.2, 0.25) is 0 Å². The van der Waals surface area contributed by atoms with Crippen LogP contribution in [0.15, 0.2) is 97.3 Å². The van der Waals surface area contributed by atoms with Gasteiger partial charge in [-0.25, -0.2) is 9.67 Å². The third-order valence-corrected chi connectivity index (χ3v) is 6.95. The molecule has 1 aromatic heterocycles. The summed E-state index contributed by atoms with van der Waals surface area (Å²) in [6.45, 7) is 8.27. The Morgan fingerprint density at radius 1 is 0.657 bits per heavy atom. The van der Waals surface area contributed by atoms with E-state index in [9.17, 15) is 10.2 Å². The van der Waals surface area contributed by atoms with Crippen molar-refractivity contribution in [3.05, 3.63) is 120 Å². The van der Waals surface area contributed by atoms with Crippen molar-refractivity contribution in [2.45, 2.75) is 45.4 Å². The van der Waals surface area contributed by atoms with Crippen molar-refractivity contribution in [2.24, 2.45) is 17.8 Å². The summed E-state index contributed by atoms with van der Waals surface area (Å²) in [5.41, 5.74) is 2.25. The molecular weight excluding hydrogens is 434 g/mol. The molecule has 3 aromatic carbocycles. The molecule has 0 saturated heterocycles. The molecule has 2 N–H and O–H groups in total. The van der Waals surface area contributed by atoms with Gasteiger partial charge in [-0.3, -0.25) is 0 Å². The van der Waals surface area contributed by atoms with E-state index in [0.717, 1.165) is 16.7 Å². The van der Waals surface area contributed by atoms with Gasteiger partial charge in [-0.2, -0.15) is 5.10 Å². The lowest BCUT2D eigenvalue weighted by Gasteiger charge is -2.36. The Bertz CT molecular complexity index is 1090. The molecule has 0 aliphatic heterocycles. The SMILES string of the molecule is CC(C)C(C(C)C)C(O)C(O)c1ncn(C(c2ccccc2)(c2ccccc2)c2ccccc2)n1. The minimum atomic E-state index is -1.19. The molecule has 0 amide bonds. The van der Waals surface area contributed by atoms with Crippen molar-refractivity contribution in [2.75, 3.05) is 0 Å². The quantitative estimate of drug-likeness (QED) is 0.320. The Labute approximate surface area is 208 Å². The fourth-order valence-electron chi connectivity index (χ4n) is 5.43. The second-order valence-electron chi connectivity index (χ2n) is 9.86. The Balaban J connectivity index is 1.90. The largest absolute Gasteiger partial charge is 0.390 e. The Morgan fingerprint density at radius 2 is 1.06 bits per heavy atom. The number of rotatable bonds is 9. The molecule has 5 nitrogen and oxygen atoms in total. The van der Waals surface area contributed by atoms with Gasteiger partial charge in [0, 0.05) is 0 Å². The number of nitrogens with zero attached hydrogens (tertiary/aromatic N) is 3. The Kier molecular flexibility index (Phi) is 7.48. The number of aliphatic hydroxyl groups excluding tert-OH is 2. The number of hydrogen-bond donors (Lipinski definition) is 2. The molecular formula is C30H35N3O2. The summed E-state index contributed by atoms with van der Waals surface area (Å²) in [7, 11) is 0. The van der Waals surface area contributed by atoms with Crippen LogP contribution in [0.3, 0.4) is 0 Å². The lowest BCUT2D eigenvalue weighted by molar-refractivity contribution is -0.0499. The Hall–Kier alpha value is -3.28. The zero-order chi connectivity index (χ0) is 25.0. The first-order chi connectivity index (χ1) is 16.9. The maximum atomic E-state index is 11.2. The lowest BCUT2D eigenvalue weighted by Crippen LogP contribution is -2.39. The molecule has 0 bridgehead atoms. The van der Waals surface area contributed by atoms with E-state index in [4.69, 9.17) is 5.10 Å². The molecule has 2 unspecified atom stereocenters. The molecule has 0 spiro atoms. The van der Waals surface area contributed by atoms with Crippen LogP contribution in [0.25, 0.3) is 0 Å². The van der Waals surface area contributed by atoms with E-state index in [1.165, 1.54) is 0 Å². The highest BCUT2D eigenvalue weighted by Crippen LogP contribution is 2.40. The van der Waals surface area contributed by atoms with Gasteiger partial charge >= 0.3 is 0 Å². The van der Waals surface area contributed by atoms with E-state index < -0.39 is 17.7 Å². The number of aromatic nitrogens is 3. The molecule has 2 atom stereocenters. The average Bonchev–Trinajstić information content (AvgIpc) is 3.36. The van der Waals surface area contributed by atoms with Gasteiger partial charge in [0.15, 0.2) is 5.82 Å². The van der Waals surface area contributed by atoms with Gasteiger partial charge in [0.25, 0.3) is 0 Å². The van der Waals surface area contributed by atoms with Crippen LogP contribution < -0.4 is 0 Å². The molecule has 0 fully saturated rings. The molecule has 0 radical (unpaired) electrons. The highest BCUT2D eigenvalue weighted by atomic mass is 16.3. The predicted octanol–water partition coefficient (Wildman–Crippen LogP) is 5.44. The fraction of sp³-hybridized carbons (Fsp3) is 0.333. The maximum absolute atomic E-state index is 11.2. The first-order valence-corrected chi connectivity index (χ1v) is 12.3. The molecule has 0 aliphatic carbocycles. The van der Waals surface area contributed by atoms with Gasteiger partial charge < -0.3 is 10.2 Å². The van der Waals surface area contributed by atoms with Crippen LogP contribution in [0, 0.1) is 17.8 Å². The van der Waals surface area contributed by atoms with Gasteiger partial charge in [0.2, 0.25) is 0 Å². The zero-order valence-electron chi connectivity index (χ0n) is 20.9. The minimum absolute atomic E-state index is 0.0842. The molecule has 0 aliphatic rings. The topological polar surface area (TPSA) is 71.2 Å². The molecule has 1 heterocycles. The van der Waals surface area contributed by atoms with Gasteiger partial charge in [0.1, 0.15) is 18.0 Å². The molecule has 4 aromatic rings. The zero-order valence-corrected chi connectivity index (χ0v) is 20.9. The van der Waals surface area contributed by atoms with Gasteiger partial charge in [-0.1, -0.05) is 119 Å². The van der Waals surface area contributed by atoms with E-state index in [0.29, 0.717) is 0 Å². The highest BCUT2D eigenvalue weighted by Gasteiger charge is 2.41. The number of hydrogen-bond acceptors (Lipinski definition) is 4. The van der Waals surface area contributed by atoms with Crippen LogP contribution in [0.1, 0.15) is 56.3 Å². The van der Waals surface area contributed by atoms with E-state index in [2.05, 4.69) is 69.1 Å². The highest BCUT2D eigenvalue weighted by molar-refractivity contribution is 5.50.